The van der Waals surface area contributed by atoms with Crippen LogP contribution in [0.25, 0.3) is 0 Å². The van der Waals surface area contributed by atoms with Crippen molar-refractivity contribution < 1.29 is 14.3 Å². The van der Waals surface area contributed by atoms with Gasteiger partial charge in [-0.05, 0) is 56.5 Å². The van der Waals surface area contributed by atoms with Crippen molar-refractivity contribution in [3.8, 4) is 5.75 Å². The number of nitrogens with one attached hydrogen (secondary N) is 1. The SMILES string of the molecule is Cc1ncccc1C(=O)N1CCCCNC(=O)c2cc(Cl)ccc2OCCC1. The Balaban J connectivity index is 1.73. The minimum absolute atomic E-state index is 0.0170. The molecule has 0 unspecified atom stereocenters. The lowest BCUT2D eigenvalue weighted by molar-refractivity contribution is 0.0742. The molecule has 1 aliphatic rings. The van der Waals surface area contributed by atoms with Crippen molar-refractivity contribution in [2.75, 3.05) is 26.2 Å². The molecule has 1 aromatic heterocycles. The number of benzene rings is 1. The van der Waals surface area contributed by atoms with Gasteiger partial charge in [0.2, 0.25) is 0 Å². The van der Waals surface area contributed by atoms with Gasteiger partial charge in [0.25, 0.3) is 11.8 Å². The zero-order chi connectivity index (χ0) is 19.9. The number of halogens is 1. The predicted octanol–water partition coefficient (Wildman–Crippen LogP) is 3.48. The minimum atomic E-state index is -0.198. The topological polar surface area (TPSA) is 71.5 Å². The first-order valence-electron chi connectivity index (χ1n) is 9.47. The molecule has 0 atom stereocenters. The van der Waals surface area contributed by atoms with Gasteiger partial charge in [0.15, 0.2) is 0 Å². The lowest BCUT2D eigenvalue weighted by Gasteiger charge is -2.23. The molecule has 0 radical (unpaired) electrons. The number of nitrogens with zero attached hydrogens (tertiary/aromatic N) is 2. The zero-order valence-electron chi connectivity index (χ0n) is 15.9. The molecule has 0 aliphatic carbocycles. The summed E-state index contributed by atoms with van der Waals surface area (Å²) < 4.78 is 5.81. The third-order valence-corrected chi connectivity index (χ3v) is 4.92. The second-order valence-corrected chi connectivity index (χ2v) is 7.17. The van der Waals surface area contributed by atoms with Crippen molar-refractivity contribution in [2.24, 2.45) is 0 Å². The van der Waals surface area contributed by atoms with Crippen molar-refractivity contribution >= 4 is 23.4 Å². The van der Waals surface area contributed by atoms with Crippen LogP contribution in [0.5, 0.6) is 5.75 Å². The van der Waals surface area contributed by atoms with Gasteiger partial charge in [-0.25, -0.2) is 0 Å². The van der Waals surface area contributed by atoms with Crippen molar-refractivity contribution in [1.29, 1.82) is 0 Å². The highest BCUT2D eigenvalue weighted by Crippen LogP contribution is 2.23. The summed E-state index contributed by atoms with van der Waals surface area (Å²) in [6.07, 6.45) is 3.92. The minimum Gasteiger partial charge on any atom is -0.493 e. The Morgan fingerprint density at radius 3 is 2.86 bits per heavy atom. The van der Waals surface area contributed by atoms with E-state index in [4.69, 9.17) is 16.3 Å². The molecule has 2 aromatic rings. The number of aryl methyl sites for hydroxylation is 1. The van der Waals surface area contributed by atoms with Crippen LogP contribution < -0.4 is 10.1 Å². The highest BCUT2D eigenvalue weighted by Gasteiger charge is 2.19. The molecule has 1 aromatic carbocycles. The smallest absolute Gasteiger partial charge is 0.255 e. The maximum Gasteiger partial charge on any atom is 0.255 e. The number of hydrogen-bond donors (Lipinski definition) is 1. The molecule has 0 saturated heterocycles. The van der Waals surface area contributed by atoms with Gasteiger partial charge in [0.05, 0.1) is 17.7 Å². The Hall–Kier alpha value is -2.60. The summed E-state index contributed by atoms with van der Waals surface area (Å²) in [5.41, 5.74) is 1.79. The summed E-state index contributed by atoms with van der Waals surface area (Å²) in [5, 5.41) is 3.39. The number of hydrogen-bond acceptors (Lipinski definition) is 4. The first-order valence-corrected chi connectivity index (χ1v) is 9.85. The van der Waals surface area contributed by atoms with Gasteiger partial charge in [-0.2, -0.15) is 0 Å². The Bertz CT molecular complexity index is 857. The normalized spacial score (nSPS) is 15.9. The summed E-state index contributed by atoms with van der Waals surface area (Å²) >= 11 is 6.03. The second kappa shape index (κ2) is 9.55. The molecular weight excluding hydrogens is 378 g/mol. The molecule has 148 valence electrons. The Morgan fingerprint density at radius 1 is 1.21 bits per heavy atom. The molecule has 3 rings (SSSR count). The lowest BCUT2D eigenvalue weighted by atomic mass is 10.1. The van der Waals surface area contributed by atoms with Crippen LogP contribution in [-0.2, 0) is 0 Å². The van der Waals surface area contributed by atoms with E-state index in [1.54, 1.807) is 30.5 Å². The molecule has 2 heterocycles. The Labute approximate surface area is 169 Å². The second-order valence-electron chi connectivity index (χ2n) is 6.73. The molecule has 0 spiro atoms. The number of aromatic nitrogens is 1. The largest absolute Gasteiger partial charge is 0.493 e. The van der Waals surface area contributed by atoms with E-state index in [0.29, 0.717) is 54.6 Å². The zero-order valence-corrected chi connectivity index (χ0v) is 16.7. The average Bonchev–Trinajstić information content (AvgIpc) is 2.70. The molecule has 1 aliphatic heterocycles. The van der Waals surface area contributed by atoms with Crippen molar-refractivity contribution in [3.05, 3.63) is 58.4 Å². The van der Waals surface area contributed by atoms with E-state index in [0.717, 1.165) is 18.5 Å². The van der Waals surface area contributed by atoms with Gasteiger partial charge in [-0.1, -0.05) is 11.6 Å². The van der Waals surface area contributed by atoms with Crippen LogP contribution in [0.15, 0.2) is 36.5 Å². The number of amides is 2. The van der Waals surface area contributed by atoms with Gasteiger partial charge in [0.1, 0.15) is 5.75 Å². The van der Waals surface area contributed by atoms with Crippen LogP contribution in [0.1, 0.15) is 45.7 Å². The van der Waals surface area contributed by atoms with Crippen LogP contribution in [0, 0.1) is 6.92 Å². The monoisotopic (exact) mass is 401 g/mol. The summed E-state index contributed by atoms with van der Waals surface area (Å²) in [6, 6.07) is 8.61. The van der Waals surface area contributed by atoms with Crippen molar-refractivity contribution in [2.45, 2.75) is 26.2 Å². The number of rotatable bonds is 1. The highest BCUT2D eigenvalue weighted by atomic mass is 35.5. The fourth-order valence-electron chi connectivity index (χ4n) is 3.16. The van der Waals surface area contributed by atoms with Crippen LogP contribution >= 0.6 is 11.6 Å². The van der Waals surface area contributed by atoms with E-state index in [-0.39, 0.29) is 11.8 Å². The van der Waals surface area contributed by atoms with Gasteiger partial charge < -0.3 is 15.0 Å². The maximum absolute atomic E-state index is 13.0. The average molecular weight is 402 g/mol. The van der Waals surface area contributed by atoms with E-state index in [9.17, 15) is 9.59 Å². The molecular formula is C21H24ClN3O3. The Kier molecular flexibility index (Phi) is 6.87. The van der Waals surface area contributed by atoms with Crippen LogP contribution in [-0.4, -0.2) is 47.9 Å². The van der Waals surface area contributed by atoms with E-state index in [1.807, 2.05) is 17.9 Å². The number of ether oxygens (including phenoxy) is 1. The van der Waals surface area contributed by atoms with E-state index >= 15 is 0 Å². The van der Waals surface area contributed by atoms with Gasteiger partial charge >= 0.3 is 0 Å². The molecule has 7 heteroatoms. The molecule has 2 amide bonds. The fraction of sp³-hybridized carbons (Fsp3) is 0.381. The van der Waals surface area contributed by atoms with Gasteiger partial charge in [0, 0.05) is 36.5 Å². The number of pyridine rings is 1. The van der Waals surface area contributed by atoms with Crippen LogP contribution in [0.4, 0.5) is 0 Å². The number of carbonyl (C=O) groups excluding carboxylic acids is 2. The van der Waals surface area contributed by atoms with Crippen LogP contribution in [0.2, 0.25) is 5.02 Å². The lowest BCUT2D eigenvalue weighted by Crippen LogP contribution is -2.34. The highest BCUT2D eigenvalue weighted by molar-refractivity contribution is 6.31. The molecule has 0 saturated carbocycles. The Morgan fingerprint density at radius 2 is 2.04 bits per heavy atom. The first kappa shape index (κ1) is 20.1. The summed E-state index contributed by atoms with van der Waals surface area (Å²) in [4.78, 5) is 31.5. The van der Waals surface area contributed by atoms with E-state index in [2.05, 4.69) is 10.3 Å². The number of fused-ring (bicyclic) bond motifs is 1. The van der Waals surface area contributed by atoms with E-state index < -0.39 is 0 Å². The third-order valence-electron chi connectivity index (χ3n) is 4.68. The van der Waals surface area contributed by atoms with Gasteiger partial charge in [-0.15, -0.1) is 0 Å². The molecule has 0 fully saturated rings. The summed E-state index contributed by atoms with van der Waals surface area (Å²) in [5.74, 6) is 0.287. The summed E-state index contributed by atoms with van der Waals surface area (Å²) in [7, 11) is 0. The van der Waals surface area contributed by atoms with Crippen molar-refractivity contribution in [1.82, 2.24) is 15.2 Å². The van der Waals surface area contributed by atoms with Crippen molar-refractivity contribution in [3.63, 3.8) is 0 Å². The molecule has 6 nitrogen and oxygen atoms in total. The summed E-state index contributed by atoms with van der Waals surface area (Å²) in [6.45, 7) is 3.98. The fourth-order valence-corrected chi connectivity index (χ4v) is 3.34. The molecule has 28 heavy (non-hydrogen) atoms. The first-order chi connectivity index (χ1) is 13.6. The van der Waals surface area contributed by atoms with Gasteiger partial charge in [-0.3, -0.25) is 14.6 Å². The molecule has 1 N–H and O–H groups in total. The number of carbonyl (C=O) groups is 2. The molecule has 0 bridgehead atoms. The van der Waals surface area contributed by atoms with E-state index in [1.165, 1.54) is 0 Å². The standard InChI is InChI=1S/C21H24ClN3O3/c1-15-17(6-4-10-23-15)21(27)25-11-3-2-9-24-20(26)18-14-16(22)7-8-19(18)28-13-5-12-25/h4,6-8,10,14H,2-3,5,9,11-13H2,1H3,(H,24,26). The quantitative estimate of drug-likeness (QED) is 0.794. The van der Waals surface area contributed by atoms with Crippen LogP contribution in [0.3, 0.4) is 0 Å². The predicted molar refractivity (Wildman–Crippen MR) is 108 cm³/mol. The third kappa shape index (κ3) is 5.01. The maximum atomic E-state index is 13.0.